The van der Waals surface area contributed by atoms with Crippen molar-refractivity contribution < 1.29 is 0 Å². The predicted octanol–water partition coefficient (Wildman–Crippen LogP) is 16.8. The Kier molecular flexibility index (Phi) is 10.3. The number of hydrogen-bond donors (Lipinski definition) is 0. The molecule has 10 aromatic carbocycles. The molecular formula is C63H42N6S. The lowest BCUT2D eigenvalue weighted by Gasteiger charge is -2.25. The predicted molar refractivity (Wildman–Crippen MR) is 291 cm³/mol. The molecule has 0 saturated carbocycles. The van der Waals surface area contributed by atoms with Gasteiger partial charge in [0, 0.05) is 56.3 Å². The van der Waals surface area contributed by atoms with Gasteiger partial charge in [-0.25, -0.2) is 15.0 Å². The Morgan fingerprint density at radius 2 is 0.700 bits per heavy atom. The average molecular weight is 915 g/mol. The maximum absolute atomic E-state index is 5.51. The van der Waals surface area contributed by atoms with Crippen LogP contribution in [0.2, 0.25) is 0 Å². The van der Waals surface area contributed by atoms with Crippen molar-refractivity contribution in [1.29, 1.82) is 0 Å². The van der Waals surface area contributed by atoms with Crippen molar-refractivity contribution in [2.24, 2.45) is 0 Å². The van der Waals surface area contributed by atoms with E-state index in [2.05, 4.69) is 245 Å². The van der Waals surface area contributed by atoms with Gasteiger partial charge in [-0.15, -0.1) is 11.3 Å². The molecule has 0 atom stereocenters. The van der Waals surface area contributed by atoms with Crippen LogP contribution in [0, 0.1) is 0 Å². The number of fused-ring (bicyclic) bond motifs is 3. The van der Waals surface area contributed by atoms with Gasteiger partial charge in [0.15, 0.2) is 0 Å². The first-order chi connectivity index (χ1) is 34.7. The molecule has 0 N–H and O–H groups in total. The summed E-state index contributed by atoms with van der Waals surface area (Å²) in [6, 6.07) is 89.6. The molecule has 330 valence electrons. The minimum Gasteiger partial charge on any atom is -0.311 e. The minimum absolute atomic E-state index is 0.903. The van der Waals surface area contributed by atoms with Crippen molar-refractivity contribution >= 4 is 60.7 Å². The Hall–Kier alpha value is -9.17. The summed E-state index contributed by atoms with van der Waals surface area (Å²) in [5.74, 6) is 1.81. The van der Waals surface area contributed by atoms with E-state index in [1.54, 1.807) is 11.3 Å². The second-order valence-electron chi connectivity index (χ2n) is 17.3. The maximum atomic E-state index is 5.51. The van der Waals surface area contributed by atoms with Crippen molar-refractivity contribution in [2.45, 2.75) is 0 Å². The van der Waals surface area contributed by atoms with Crippen molar-refractivity contribution in [3.8, 4) is 67.0 Å². The van der Waals surface area contributed by atoms with E-state index in [4.69, 9.17) is 15.0 Å². The fourth-order valence-electron chi connectivity index (χ4n) is 9.66. The zero-order valence-electron chi connectivity index (χ0n) is 37.8. The fraction of sp³-hybridized carbons (Fsp3) is 0. The first kappa shape index (κ1) is 41.1. The standard InChI is InChI=1S/C63H42N6S/c1-5-17-48(18-6-1)67(49-19-7-2-8-20-49)52-39-37-47(38-40-52)63-66-59-53(43-29-33-45(34-30-43)61-64-55-25-13-15-27-57(55)68(61)50-21-9-3-10-22-50)41-42-54(60(59)70-63)44-31-35-46(36-32-44)62-65-56-26-14-16-28-58(56)69(62)51-23-11-4-12-24-51/h1-42H. The van der Waals surface area contributed by atoms with Gasteiger partial charge in [0.05, 0.1) is 32.3 Å². The van der Waals surface area contributed by atoms with E-state index >= 15 is 0 Å². The number of anilines is 3. The van der Waals surface area contributed by atoms with Crippen LogP contribution in [0.15, 0.2) is 255 Å². The number of thiazole rings is 1. The fourth-order valence-corrected chi connectivity index (χ4v) is 10.8. The summed E-state index contributed by atoms with van der Waals surface area (Å²) in [6.45, 7) is 0. The van der Waals surface area contributed by atoms with Crippen LogP contribution in [-0.4, -0.2) is 24.1 Å². The van der Waals surface area contributed by atoms with Gasteiger partial charge in [0.25, 0.3) is 0 Å². The Morgan fingerprint density at radius 3 is 1.20 bits per heavy atom. The van der Waals surface area contributed by atoms with Crippen LogP contribution in [0.5, 0.6) is 0 Å². The Morgan fingerprint density at radius 1 is 0.314 bits per heavy atom. The van der Waals surface area contributed by atoms with Crippen LogP contribution >= 0.6 is 11.3 Å². The third-order valence-electron chi connectivity index (χ3n) is 13.0. The number of para-hydroxylation sites is 8. The molecule has 0 aliphatic heterocycles. The molecule has 0 radical (unpaired) electrons. The highest BCUT2D eigenvalue weighted by molar-refractivity contribution is 7.22. The van der Waals surface area contributed by atoms with Crippen molar-refractivity contribution in [1.82, 2.24) is 24.1 Å². The summed E-state index contributed by atoms with van der Waals surface area (Å²) < 4.78 is 5.63. The molecule has 0 fully saturated rings. The molecular weight excluding hydrogens is 873 g/mol. The minimum atomic E-state index is 0.903. The second kappa shape index (κ2) is 17.5. The highest BCUT2D eigenvalue weighted by atomic mass is 32.1. The highest BCUT2D eigenvalue weighted by Crippen LogP contribution is 2.44. The van der Waals surface area contributed by atoms with Gasteiger partial charge in [-0.1, -0.05) is 158 Å². The molecule has 0 saturated heterocycles. The van der Waals surface area contributed by atoms with Gasteiger partial charge in [-0.05, 0) is 108 Å². The molecule has 13 aromatic rings. The highest BCUT2D eigenvalue weighted by Gasteiger charge is 2.20. The summed E-state index contributed by atoms with van der Waals surface area (Å²) in [4.78, 5) is 18.1. The first-order valence-electron chi connectivity index (χ1n) is 23.4. The number of nitrogens with zero attached hydrogens (tertiary/aromatic N) is 6. The van der Waals surface area contributed by atoms with Gasteiger partial charge >= 0.3 is 0 Å². The maximum Gasteiger partial charge on any atom is 0.145 e. The molecule has 13 rings (SSSR count). The summed E-state index contributed by atoms with van der Waals surface area (Å²) in [5.41, 5.74) is 18.0. The van der Waals surface area contributed by atoms with E-state index in [0.29, 0.717) is 0 Å². The van der Waals surface area contributed by atoms with E-state index < -0.39 is 0 Å². The summed E-state index contributed by atoms with van der Waals surface area (Å²) in [5, 5.41) is 0.961. The van der Waals surface area contributed by atoms with E-state index in [-0.39, 0.29) is 0 Å². The molecule has 0 amide bonds. The Balaban J connectivity index is 0.917. The molecule has 7 heteroatoms. The molecule has 0 spiro atoms. The average Bonchev–Trinajstić information content (AvgIpc) is 4.17. The van der Waals surface area contributed by atoms with E-state index in [1.807, 2.05) is 24.3 Å². The Bertz CT molecular complexity index is 3720. The molecule has 3 heterocycles. The van der Waals surface area contributed by atoms with Gasteiger partial charge in [-0.3, -0.25) is 9.13 Å². The van der Waals surface area contributed by atoms with Crippen molar-refractivity contribution in [3.63, 3.8) is 0 Å². The second-order valence-corrected chi connectivity index (χ2v) is 18.3. The molecule has 3 aromatic heterocycles. The van der Waals surface area contributed by atoms with E-state index in [1.165, 1.54) is 0 Å². The molecule has 0 aliphatic rings. The van der Waals surface area contributed by atoms with Gasteiger partial charge in [-0.2, -0.15) is 0 Å². The monoisotopic (exact) mass is 914 g/mol. The number of imidazole rings is 2. The summed E-state index contributed by atoms with van der Waals surface area (Å²) >= 11 is 1.74. The smallest absolute Gasteiger partial charge is 0.145 e. The lowest BCUT2D eigenvalue weighted by atomic mass is 9.97. The molecule has 70 heavy (non-hydrogen) atoms. The zero-order valence-corrected chi connectivity index (χ0v) is 38.7. The van der Waals surface area contributed by atoms with Crippen molar-refractivity contribution in [3.05, 3.63) is 255 Å². The van der Waals surface area contributed by atoms with Crippen LogP contribution < -0.4 is 4.90 Å². The van der Waals surface area contributed by atoms with Crippen LogP contribution in [0.1, 0.15) is 0 Å². The number of aromatic nitrogens is 5. The molecule has 0 aliphatic carbocycles. The van der Waals surface area contributed by atoms with Gasteiger partial charge in [0.2, 0.25) is 0 Å². The number of rotatable bonds is 10. The first-order valence-corrected chi connectivity index (χ1v) is 24.3. The van der Waals surface area contributed by atoms with Gasteiger partial charge < -0.3 is 4.90 Å². The van der Waals surface area contributed by atoms with Crippen LogP contribution in [0.4, 0.5) is 17.1 Å². The topological polar surface area (TPSA) is 51.8 Å². The normalized spacial score (nSPS) is 11.4. The summed E-state index contributed by atoms with van der Waals surface area (Å²) in [7, 11) is 0. The van der Waals surface area contributed by atoms with Crippen LogP contribution in [-0.2, 0) is 0 Å². The molecule has 0 unspecified atom stereocenters. The number of hydrogen-bond acceptors (Lipinski definition) is 5. The van der Waals surface area contributed by atoms with Crippen LogP contribution in [0.25, 0.3) is 99.3 Å². The molecule has 0 bridgehead atoms. The van der Waals surface area contributed by atoms with Crippen LogP contribution in [0.3, 0.4) is 0 Å². The van der Waals surface area contributed by atoms with E-state index in [9.17, 15) is 0 Å². The van der Waals surface area contributed by atoms with E-state index in [0.717, 1.165) is 116 Å². The third-order valence-corrected chi connectivity index (χ3v) is 14.1. The quantitative estimate of drug-likeness (QED) is 0.137. The number of benzene rings is 10. The lowest BCUT2D eigenvalue weighted by Crippen LogP contribution is -2.09. The summed E-state index contributed by atoms with van der Waals surface area (Å²) in [6.07, 6.45) is 0. The largest absolute Gasteiger partial charge is 0.311 e. The lowest BCUT2D eigenvalue weighted by molar-refractivity contribution is 1.10. The zero-order chi connectivity index (χ0) is 46.4. The molecule has 6 nitrogen and oxygen atoms in total. The third kappa shape index (κ3) is 7.33. The van der Waals surface area contributed by atoms with Gasteiger partial charge in [0.1, 0.15) is 16.7 Å². The SMILES string of the molecule is c1ccc(N(c2ccccc2)c2ccc(-c3nc4c(-c5ccc(-c6nc7ccccc7n6-c6ccccc6)cc5)ccc(-c5ccc(-c6nc7ccccc7n6-c6ccccc6)cc5)c4s3)cc2)cc1. The Labute approximate surface area is 409 Å². The van der Waals surface area contributed by atoms with Crippen molar-refractivity contribution in [2.75, 3.05) is 4.90 Å².